The normalized spacial score (nSPS) is 17.4. The predicted octanol–water partition coefficient (Wildman–Crippen LogP) is 4.14. The zero-order valence-electron chi connectivity index (χ0n) is 13.9. The van der Waals surface area contributed by atoms with Crippen LogP contribution in [-0.2, 0) is 4.79 Å². The molecule has 1 saturated heterocycles. The van der Waals surface area contributed by atoms with Gasteiger partial charge < -0.3 is 14.4 Å². The quantitative estimate of drug-likeness (QED) is 0.766. The highest BCUT2D eigenvalue weighted by molar-refractivity contribution is 7.10. The largest absolute Gasteiger partial charge is 0.497 e. The first-order valence-electron chi connectivity index (χ1n) is 7.97. The van der Waals surface area contributed by atoms with Crippen molar-refractivity contribution in [1.82, 2.24) is 4.90 Å². The second kappa shape index (κ2) is 7.53. The van der Waals surface area contributed by atoms with Crippen molar-refractivity contribution in [3.05, 3.63) is 52.2 Å². The van der Waals surface area contributed by atoms with Crippen molar-refractivity contribution >= 4 is 23.3 Å². The lowest BCUT2D eigenvalue weighted by atomic mass is 10.0. The second-order valence-corrected chi connectivity index (χ2v) is 6.63. The van der Waals surface area contributed by atoms with E-state index in [0.717, 1.165) is 41.3 Å². The van der Waals surface area contributed by atoms with E-state index in [0.29, 0.717) is 0 Å². The van der Waals surface area contributed by atoms with Crippen molar-refractivity contribution in [3.63, 3.8) is 0 Å². The first-order chi connectivity index (χ1) is 11.7. The Bertz CT molecular complexity index is 724. The van der Waals surface area contributed by atoms with Crippen LogP contribution in [0.25, 0.3) is 6.08 Å². The molecule has 1 fully saturated rings. The Morgan fingerprint density at radius 3 is 2.88 bits per heavy atom. The van der Waals surface area contributed by atoms with E-state index in [1.807, 2.05) is 46.7 Å². The van der Waals surface area contributed by atoms with Crippen molar-refractivity contribution < 1.29 is 14.3 Å². The fraction of sp³-hybridized carbons (Fsp3) is 0.316. The van der Waals surface area contributed by atoms with Crippen LogP contribution in [-0.4, -0.2) is 31.6 Å². The average molecular weight is 343 g/mol. The van der Waals surface area contributed by atoms with Crippen LogP contribution in [0, 0.1) is 0 Å². The standard InChI is InChI=1S/C19H21NO3S/c1-22-14-7-9-16(18(13-14)23-2)17-6-3-11-20(17)19(21)10-8-15-5-4-12-24-15/h4-5,7-10,12-13,17H,3,6,11H2,1-2H3/b10-8+. The van der Waals surface area contributed by atoms with Crippen LogP contribution >= 0.6 is 11.3 Å². The molecule has 1 aliphatic heterocycles. The smallest absolute Gasteiger partial charge is 0.247 e. The predicted molar refractivity (Wildman–Crippen MR) is 96.6 cm³/mol. The van der Waals surface area contributed by atoms with Gasteiger partial charge in [0.1, 0.15) is 11.5 Å². The molecule has 0 saturated carbocycles. The highest BCUT2D eigenvalue weighted by atomic mass is 32.1. The summed E-state index contributed by atoms with van der Waals surface area (Å²) in [5, 5.41) is 2.00. The number of ether oxygens (including phenoxy) is 2. The molecule has 1 unspecified atom stereocenters. The monoisotopic (exact) mass is 343 g/mol. The topological polar surface area (TPSA) is 38.8 Å². The molecule has 2 heterocycles. The van der Waals surface area contributed by atoms with E-state index < -0.39 is 0 Å². The lowest BCUT2D eigenvalue weighted by Crippen LogP contribution is -2.29. The molecule has 0 aliphatic carbocycles. The van der Waals surface area contributed by atoms with Crippen LogP contribution in [0.5, 0.6) is 11.5 Å². The molecular weight excluding hydrogens is 322 g/mol. The number of nitrogens with zero attached hydrogens (tertiary/aromatic N) is 1. The molecule has 1 atom stereocenters. The Balaban J connectivity index is 1.81. The van der Waals surface area contributed by atoms with Crippen LogP contribution < -0.4 is 9.47 Å². The molecule has 126 valence electrons. The maximum atomic E-state index is 12.6. The number of rotatable bonds is 5. The van der Waals surface area contributed by atoms with Crippen LogP contribution in [0.3, 0.4) is 0 Å². The van der Waals surface area contributed by atoms with E-state index in [1.165, 1.54) is 0 Å². The van der Waals surface area contributed by atoms with Crippen molar-refractivity contribution in [3.8, 4) is 11.5 Å². The summed E-state index contributed by atoms with van der Waals surface area (Å²) >= 11 is 1.62. The summed E-state index contributed by atoms with van der Waals surface area (Å²) < 4.78 is 10.8. The Kier molecular flexibility index (Phi) is 5.20. The number of methoxy groups -OCH3 is 2. The third-order valence-corrected chi connectivity index (χ3v) is 5.11. The first kappa shape index (κ1) is 16.6. The van der Waals surface area contributed by atoms with E-state index in [4.69, 9.17) is 9.47 Å². The number of thiophene rings is 1. The molecule has 1 aromatic heterocycles. The van der Waals surface area contributed by atoms with Gasteiger partial charge in [-0.2, -0.15) is 0 Å². The summed E-state index contributed by atoms with van der Waals surface area (Å²) in [6, 6.07) is 9.82. The molecule has 0 spiro atoms. The minimum atomic E-state index is 0.0452. The molecule has 0 N–H and O–H groups in total. The van der Waals surface area contributed by atoms with Gasteiger partial charge >= 0.3 is 0 Å². The number of likely N-dealkylation sites (tertiary alicyclic amines) is 1. The van der Waals surface area contributed by atoms with Gasteiger partial charge in [-0.15, -0.1) is 11.3 Å². The Morgan fingerprint density at radius 2 is 2.17 bits per heavy atom. The van der Waals surface area contributed by atoms with E-state index in [-0.39, 0.29) is 11.9 Å². The lowest BCUT2D eigenvalue weighted by Gasteiger charge is -2.25. The van der Waals surface area contributed by atoms with Crippen molar-refractivity contribution in [2.24, 2.45) is 0 Å². The fourth-order valence-electron chi connectivity index (χ4n) is 3.08. The molecule has 4 nitrogen and oxygen atoms in total. The molecule has 0 radical (unpaired) electrons. The number of hydrogen-bond acceptors (Lipinski definition) is 4. The summed E-state index contributed by atoms with van der Waals surface area (Å²) in [4.78, 5) is 15.6. The number of carbonyl (C=O) groups excluding carboxylic acids is 1. The van der Waals surface area contributed by atoms with Gasteiger partial charge in [-0.05, 0) is 42.5 Å². The van der Waals surface area contributed by atoms with Crippen molar-refractivity contribution in [2.75, 3.05) is 20.8 Å². The number of carbonyl (C=O) groups is 1. The Hall–Kier alpha value is -2.27. The molecule has 3 rings (SSSR count). The molecular formula is C19H21NO3S. The molecule has 1 aromatic carbocycles. The van der Waals surface area contributed by atoms with Gasteiger partial charge in [-0.25, -0.2) is 0 Å². The van der Waals surface area contributed by atoms with Crippen LogP contribution in [0.4, 0.5) is 0 Å². The Morgan fingerprint density at radius 1 is 1.29 bits per heavy atom. The molecule has 5 heteroatoms. The summed E-state index contributed by atoms with van der Waals surface area (Å²) in [6.07, 6.45) is 5.49. The van der Waals surface area contributed by atoms with E-state index in [1.54, 1.807) is 31.6 Å². The molecule has 24 heavy (non-hydrogen) atoms. The SMILES string of the molecule is COc1ccc(C2CCCN2C(=O)/C=C/c2cccs2)c(OC)c1. The summed E-state index contributed by atoms with van der Waals surface area (Å²) in [7, 11) is 3.28. The summed E-state index contributed by atoms with van der Waals surface area (Å²) in [6.45, 7) is 0.771. The van der Waals surface area contributed by atoms with Gasteiger partial charge in [0.15, 0.2) is 0 Å². The third kappa shape index (κ3) is 3.46. The van der Waals surface area contributed by atoms with E-state index in [9.17, 15) is 4.79 Å². The first-order valence-corrected chi connectivity index (χ1v) is 8.85. The minimum absolute atomic E-state index is 0.0452. The van der Waals surface area contributed by atoms with Gasteiger partial charge in [-0.1, -0.05) is 6.07 Å². The van der Waals surface area contributed by atoms with E-state index in [2.05, 4.69) is 0 Å². The number of amides is 1. The minimum Gasteiger partial charge on any atom is -0.497 e. The van der Waals surface area contributed by atoms with Crippen LogP contribution in [0.2, 0.25) is 0 Å². The van der Waals surface area contributed by atoms with Gasteiger partial charge in [0.2, 0.25) is 5.91 Å². The van der Waals surface area contributed by atoms with Gasteiger partial charge in [0, 0.05) is 29.1 Å². The molecule has 0 bridgehead atoms. The number of hydrogen-bond donors (Lipinski definition) is 0. The number of benzene rings is 1. The highest BCUT2D eigenvalue weighted by Crippen LogP contribution is 2.38. The molecule has 2 aromatic rings. The van der Waals surface area contributed by atoms with Gasteiger partial charge in [0.25, 0.3) is 0 Å². The van der Waals surface area contributed by atoms with E-state index >= 15 is 0 Å². The van der Waals surface area contributed by atoms with Crippen LogP contribution in [0.1, 0.15) is 29.3 Å². The van der Waals surface area contributed by atoms with Gasteiger partial charge in [-0.3, -0.25) is 4.79 Å². The van der Waals surface area contributed by atoms with Crippen LogP contribution in [0.15, 0.2) is 41.8 Å². The fourth-order valence-corrected chi connectivity index (χ4v) is 3.70. The van der Waals surface area contributed by atoms with Crippen molar-refractivity contribution in [1.29, 1.82) is 0 Å². The maximum absolute atomic E-state index is 12.6. The zero-order chi connectivity index (χ0) is 16.9. The summed E-state index contributed by atoms with van der Waals surface area (Å²) in [5.74, 6) is 1.56. The van der Waals surface area contributed by atoms with Crippen molar-refractivity contribution in [2.45, 2.75) is 18.9 Å². The van der Waals surface area contributed by atoms with Gasteiger partial charge in [0.05, 0.1) is 20.3 Å². The highest BCUT2D eigenvalue weighted by Gasteiger charge is 2.30. The average Bonchev–Trinajstić information content (AvgIpc) is 3.30. The molecule has 1 aliphatic rings. The maximum Gasteiger partial charge on any atom is 0.247 e. The zero-order valence-corrected chi connectivity index (χ0v) is 14.7. The lowest BCUT2D eigenvalue weighted by molar-refractivity contribution is -0.126. The molecule has 1 amide bonds. The second-order valence-electron chi connectivity index (χ2n) is 5.65. The summed E-state index contributed by atoms with van der Waals surface area (Å²) in [5.41, 5.74) is 1.04. The Labute approximate surface area is 146 Å². The third-order valence-electron chi connectivity index (χ3n) is 4.27.